The molecular weight excluding hydrogens is 245 g/mol. The molecule has 3 atom stereocenters. The number of alkyl halides is 1. The Morgan fingerprint density at radius 2 is 1.93 bits per heavy atom. The van der Waals surface area contributed by atoms with E-state index in [1.54, 1.807) is 0 Å². The van der Waals surface area contributed by atoms with Crippen LogP contribution in [-0.2, 0) is 4.74 Å². The van der Waals surface area contributed by atoms with Crippen LogP contribution in [0.25, 0.3) is 0 Å². The Labute approximate surface area is 92.0 Å². The Kier molecular flexibility index (Phi) is 3.21. The fourth-order valence-electron chi connectivity index (χ4n) is 1.71. The lowest BCUT2D eigenvalue weighted by Gasteiger charge is -2.31. The van der Waals surface area contributed by atoms with E-state index in [4.69, 9.17) is 4.74 Å². The molecule has 1 aliphatic heterocycles. The molecule has 76 valence electrons. The van der Waals surface area contributed by atoms with Crippen LogP contribution in [0.2, 0.25) is 0 Å². The molecule has 2 rings (SSSR count). The van der Waals surface area contributed by atoms with Gasteiger partial charge >= 0.3 is 0 Å². The number of aliphatic hydroxyl groups is 1. The van der Waals surface area contributed by atoms with E-state index in [-0.39, 0.29) is 6.10 Å². The zero-order chi connectivity index (χ0) is 9.97. The van der Waals surface area contributed by atoms with Crippen molar-refractivity contribution in [3.8, 4) is 0 Å². The molecule has 0 amide bonds. The molecule has 1 aromatic carbocycles. The van der Waals surface area contributed by atoms with Crippen molar-refractivity contribution in [3.63, 3.8) is 0 Å². The first kappa shape index (κ1) is 10.1. The second-order valence-electron chi connectivity index (χ2n) is 3.52. The van der Waals surface area contributed by atoms with Gasteiger partial charge < -0.3 is 9.84 Å². The predicted molar refractivity (Wildman–Crippen MR) is 58.2 cm³/mol. The molecule has 1 N–H and O–H groups in total. The molecule has 0 saturated carbocycles. The molecule has 14 heavy (non-hydrogen) atoms. The lowest BCUT2D eigenvalue weighted by atomic mass is 10.0. The third kappa shape index (κ3) is 2.16. The minimum absolute atomic E-state index is 0.0278. The van der Waals surface area contributed by atoms with Gasteiger partial charge in [-0.25, -0.2) is 0 Å². The summed E-state index contributed by atoms with van der Waals surface area (Å²) in [5, 5.41) is 9.42. The largest absolute Gasteiger partial charge is 0.368 e. The van der Waals surface area contributed by atoms with Crippen molar-refractivity contribution in [2.75, 3.05) is 0 Å². The Balaban J connectivity index is 2.16. The molecule has 1 fully saturated rings. The topological polar surface area (TPSA) is 29.5 Å². The maximum Gasteiger partial charge on any atom is 0.155 e. The van der Waals surface area contributed by atoms with Crippen LogP contribution in [0.1, 0.15) is 24.5 Å². The van der Waals surface area contributed by atoms with Crippen molar-refractivity contribution in [1.29, 1.82) is 0 Å². The molecule has 1 heterocycles. The average molecular weight is 258 g/mol. The second-order valence-corrected chi connectivity index (χ2v) is 4.69. The van der Waals surface area contributed by atoms with Crippen molar-refractivity contribution in [2.45, 2.75) is 30.1 Å². The Morgan fingerprint density at radius 3 is 2.64 bits per heavy atom. The summed E-state index contributed by atoms with van der Waals surface area (Å²) >= 11 is 3.58. The monoisotopic (exact) mass is 257 g/mol. The number of aliphatic hydroxyl groups excluding tert-OH is 1. The Bertz CT molecular complexity index is 289. The molecular formula is C11H13BrO2. The van der Waals surface area contributed by atoms with Gasteiger partial charge in [0.25, 0.3) is 0 Å². The van der Waals surface area contributed by atoms with Crippen molar-refractivity contribution in [3.05, 3.63) is 35.9 Å². The van der Waals surface area contributed by atoms with Gasteiger partial charge in [0.1, 0.15) is 0 Å². The number of benzene rings is 1. The number of rotatable bonds is 1. The summed E-state index contributed by atoms with van der Waals surface area (Å²) in [7, 11) is 0. The minimum atomic E-state index is -0.617. The molecule has 2 nitrogen and oxygen atoms in total. The average Bonchev–Trinajstić information content (AvgIpc) is 2.23. The van der Waals surface area contributed by atoms with Gasteiger partial charge in [-0.15, -0.1) is 0 Å². The number of ether oxygens (including phenoxy) is 1. The van der Waals surface area contributed by atoms with E-state index in [2.05, 4.69) is 15.9 Å². The molecule has 0 aromatic heterocycles. The zero-order valence-electron chi connectivity index (χ0n) is 7.77. The highest BCUT2D eigenvalue weighted by Gasteiger charge is 2.29. The van der Waals surface area contributed by atoms with Crippen LogP contribution in [0.15, 0.2) is 30.3 Å². The second kappa shape index (κ2) is 4.43. The highest BCUT2D eigenvalue weighted by molar-refractivity contribution is 9.09. The fraction of sp³-hybridized carbons (Fsp3) is 0.455. The van der Waals surface area contributed by atoms with Crippen LogP contribution in [0.5, 0.6) is 0 Å². The molecule has 0 spiro atoms. The van der Waals surface area contributed by atoms with Crippen LogP contribution in [-0.4, -0.2) is 16.2 Å². The van der Waals surface area contributed by atoms with Crippen molar-refractivity contribution >= 4 is 15.9 Å². The van der Waals surface area contributed by atoms with Gasteiger partial charge in [-0.2, -0.15) is 0 Å². The zero-order valence-corrected chi connectivity index (χ0v) is 9.35. The van der Waals surface area contributed by atoms with E-state index in [0.717, 1.165) is 12.0 Å². The van der Waals surface area contributed by atoms with Gasteiger partial charge in [0.2, 0.25) is 0 Å². The maximum absolute atomic E-state index is 9.42. The van der Waals surface area contributed by atoms with Gasteiger partial charge in [0, 0.05) is 4.83 Å². The molecule has 3 unspecified atom stereocenters. The van der Waals surface area contributed by atoms with E-state index in [9.17, 15) is 5.11 Å². The molecule has 1 saturated heterocycles. The predicted octanol–water partition coefficient (Wildman–Crippen LogP) is 2.62. The van der Waals surface area contributed by atoms with Crippen molar-refractivity contribution in [1.82, 2.24) is 0 Å². The van der Waals surface area contributed by atoms with Crippen LogP contribution in [0, 0.1) is 0 Å². The van der Waals surface area contributed by atoms with Crippen LogP contribution >= 0.6 is 15.9 Å². The third-order valence-corrected chi connectivity index (χ3v) is 3.39. The van der Waals surface area contributed by atoms with E-state index in [0.29, 0.717) is 11.2 Å². The van der Waals surface area contributed by atoms with Crippen molar-refractivity contribution < 1.29 is 9.84 Å². The van der Waals surface area contributed by atoms with E-state index in [1.165, 1.54) is 0 Å². The van der Waals surface area contributed by atoms with E-state index in [1.807, 2.05) is 30.3 Å². The van der Waals surface area contributed by atoms with Crippen LogP contribution in [0.3, 0.4) is 0 Å². The highest BCUT2D eigenvalue weighted by Crippen LogP contribution is 2.35. The van der Waals surface area contributed by atoms with Gasteiger partial charge in [-0.3, -0.25) is 0 Å². The highest BCUT2D eigenvalue weighted by atomic mass is 79.9. The summed E-state index contributed by atoms with van der Waals surface area (Å²) in [5.74, 6) is 0. The Morgan fingerprint density at radius 1 is 1.21 bits per heavy atom. The molecule has 3 heteroatoms. The summed E-state index contributed by atoms with van der Waals surface area (Å²) in [6.07, 6.45) is 1.01. The lowest BCUT2D eigenvalue weighted by molar-refractivity contribution is -0.161. The van der Waals surface area contributed by atoms with Gasteiger partial charge in [-0.1, -0.05) is 46.3 Å². The van der Waals surface area contributed by atoms with Crippen molar-refractivity contribution in [2.24, 2.45) is 0 Å². The third-order valence-electron chi connectivity index (χ3n) is 2.45. The number of hydrogen-bond donors (Lipinski definition) is 1. The molecule has 0 aliphatic carbocycles. The summed E-state index contributed by atoms with van der Waals surface area (Å²) in [4.78, 5) is 0.299. The lowest BCUT2D eigenvalue weighted by Crippen LogP contribution is -2.29. The number of halogens is 1. The van der Waals surface area contributed by atoms with Gasteiger partial charge in [0.05, 0.1) is 6.10 Å². The first-order valence-corrected chi connectivity index (χ1v) is 5.71. The Hall–Kier alpha value is -0.380. The summed E-state index contributed by atoms with van der Waals surface area (Å²) in [6, 6.07) is 10.00. The summed E-state index contributed by atoms with van der Waals surface area (Å²) < 4.78 is 5.49. The van der Waals surface area contributed by atoms with Gasteiger partial charge in [-0.05, 0) is 18.4 Å². The standard InChI is InChI=1S/C11H13BrO2/c12-9-6-7-10(13)14-11(9)8-4-2-1-3-5-8/h1-5,9-11,13H,6-7H2/i13+1. The maximum atomic E-state index is 9.42. The van der Waals surface area contributed by atoms with E-state index < -0.39 is 6.29 Å². The smallest absolute Gasteiger partial charge is 0.155 e. The van der Waals surface area contributed by atoms with E-state index >= 15 is 0 Å². The quantitative estimate of drug-likeness (QED) is 0.784. The molecule has 1 aliphatic rings. The molecule has 0 radical (unpaired) electrons. The van der Waals surface area contributed by atoms with Crippen LogP contribution < -0.4 is 0 Å². The molecule has 0 bridgehead atoms. The first-order valence-electron chi connectivity index (χ1n) is 4.80. The number of hydrogen-bond acceptors (Lipinski definition) is 2. The minimum Gasteiger partial charge on any atom is -0.368 e. The fourth-order valence-corrected chi connectivity index (χ4v) is 2.40. The normalized spacial score (nSPS) is 32.9. The van der Waals surface area contributed by atoms with Crippen LogP contribution in [0.4, 0.5) is 0 Å². The SMILES string of the molecule is [17OH]C1CCC(Br)C(c2ccccc2)O1. The summed E-state index contributed by atoms with van der Waals surface area (Å²) in [5.41, 5.74) is 1.12. The summed E-state index contributed by atoms with van der Waals surface area (Å²) in [6.45, 7) is 0. The van der Waals surface area contributed by atoms with Gasteiger partial charge in [0.15, 0.2) is 6.29 Å². The molecule has 1 aromatic rings. The first-order chi connectivity index (χ1) is 6.77.